The number of amides is 1. The fraction of sp³-hybridized carbons (Fsp3) is 0.333. The van der Waals surface area contributed by atoms with Crippen molar-refractivity contribution in [2.45, 2.75) is 19.4 Å². The normalized spacial score (nSPS) is 18.7. The zero-order valence-electron chi connectivity index (χ0n) is 11.2. The first kappa shape index (κ1) is 12.9. The Labute approximate surface area is 115 Å². The number of H-pyrrole nitrogens is 1. The standard InChI is InChI=1S/C15H16N2O3/c1-9-7-13(19)11-3-2-4-12(14(11)16-9)15(20)17-6-5-10(18)8-17/h2-4,7,10,18H,5-6,8H2,1H3,(H,16,19). The van der Waals surface area contributed by atoms with E-state index in [-0.39, 0.29) is 11.3 Å². The second kappa shape index (κ2) is 4.76. The van der Waals surface area contributed by atoms with Gasteiger partial charge in [0.1, 0.15) is 0 Å². The van der Waals surface area contributed by atoms with Gasteiger partial charge in [0.25, 0.3) is 5.91 Å². The number of carbonyl (C=O) groups is 1. The number of benzene rings is 1. The Morgan fingerprint density at radius 3 is 2.95 bits per heavy atom. The molecular formula is C15H16N2O3. The number of nitrogens with one attached hydrogen (secondary N) is 1. The summed E-state index contributed by atoms with van der Waals surface area (Å²) >= 11 is 0. The number of aromatic amines is 1. The van der Waals surface area contributed by atoms with Crippen molar-refractivity contribution in [2.75, 3.05) is 13.1 Å². The minimum atomic E-state index is -0.449. The number of likely N-dealkylation sites (tertiary alicyclic amines) is 1. The quantitative estimate of drug-likeness (QED) is 0.814. The van der Waals surface area contributed by atoms with Crippen LogP contribution in [0.1, 0.15) is 22.5 Å². The summed E-state index contributed by atoms with van der Waals surface area (Å²) in [4.78, 5) is 29.2. The number of aromatic nitrogens is 1. The van der Waals surface area contributed by atoms with E-state index in [0.29, 0.717) is 36.0 Å². The fourth-order valence-electron chi connectivity index (χ4n) is 2.67. The molecule has 1 aliphatic rings. The van der Waals surface area contributed by atoms with Crippen LogP contribution in [0.5, 0.6) is 0 Å². The first-order valence-corrected chi connectivity index (χ1v) is 6.66. The number of β-amino-alcohol motifs (C(OH)–C–C–N with tert-alkyl or cyclic N) is 1. The lowest BCUT2D eigenvalue weighted by Crippen LogP contribution is -2.30. The van der Waals surface area contributed by atoms with Gasteiger partial charge in [-0.25, -0.2) is 0 Å². The highest BCUT2D eigenvalue weighted by atomic mass is 16.3. The summed E-state index contributed by atoms with van der Waals surface area (Å²) in [6.45, 7) is 2.69. The summed E-state index contributed by atoms with van der Waals surface area (Å²) in [5.74, 6) is -0.145. The molecule has 3 rings (SSSR count). The lowest BCUT2D eigenvalue weighted by Gasteiger charge is -2.16. The van der Waals surface area contributed by atoms with Crippen molar-refractivity contribution in [1.29, 1.82) is 0 Å². The molecule has 1 unspecified atom stereocenters. The molecule has 0 bridgehead atoms. The molecule has 1 aliphatic heterocycles. The molecule has 104 valence electrons. The number of hydrogen-bond acceptors (Lipinski definition) is 3. The third-order valence-electron chi connectivity index (χ3n) is 3.68. The van der Waals surface area contributed by atoms with Gasteiger partial charge in [-0.1, -0.05) is 6.07 Å². The number of para-hydroxylation sites is 1. The molecule has 2 heterocycles. The summed E-state index contributed by atoms with van der Waals surface area (Å²) in [5, 5.41) is 10.1. The molecule has 5 nitrogen and oxygen atoms in total. The van der Waals surface area contributed by atoms with E-state index in [1.54, 1.807) is 30.0 Å². The molecule has 2 N–H and O–H groups in total. The van der Waals surface area contributed by atoms with Crippen LogP contribution in [0.25, 0.3) is 10.9 Å². The van der Waals surface area contributed by atoms with Gasteiger partial charge in [0, 0.05) is 30.2 Å². The molecule has 0 spiro atoms. The molecule has 20 heavy (non-hydrogen) atoms. The van der Waals surface area contributed by atoms with E-state index < -0.39 is 6.10 Å². The van der Waals surface area contributed by atoms with Crippen molar-refractivity contribution >= 4 is 16.8 Å². The highest BCUT2D eigenvalue weighted by molar-refractivity contribution is 6.05. The van der Waals surface area contributed by atoms with Crippen LogP contribution in [-0.2, 0) is 0 Å². The van der Waals surface area contributed by atoms with Crippen LogP contribution in [0.3, 0.4) is 0 Å². The Bertz CT molecular complexity index is 735. The minimum Gasteiger partial charge on any atom is -0.391 e. The maximum absolute atomic E-state index is 12.5. The first-order valence-electron chi connectivity index (χ1n) is 6.66. The largest absolute Gasteiger partial charge is 0.391 e. The highest BCUT2D eigenvalue weighted by Crippen LogP contribution is 2.19. The number of fused-ring (bicyclic) bond motifs is 1. The molecule has 5 heteroatoms. The predicted octanol–water partition coefficient (Wildman–Crippen LogP) is 1.04. The molecule has 1 amide bonds. The van der Waals surface area contributed by atoms with E-state index in [4.69, 9.17) is 0 Å². The predicted molar refractivity (Wildman–Crippen MR) is 75.8 cm³/mol. The Morgan fingerprint density at radius 1 is 1.45 bits per heavy atom. The van der Waals surface area contributed by atoms with Gasteiger partial charge in [0.2, 0.25) is 0 Å². The number of nitrogens with zero attached hydrogens (tertiary/aromatic N) is 1. The molecule has 0 saturated carbocycles. The molecule has 0 aliphatic carbocycles. The van der Waals surface area contributed by atoms with Gasteiger partial charge in [0.15, 0.2) is 5.43 Å². The second-order valence-electron chi connectivity index (χ2n) is 5.24. The SMILES string of the molecule is Cc1cc(=O)c2cccc(C(=O)N3CCC(O)C3)c2[nH]1. The van der Waals surface area contributed by atoms with Gasteiger partial charge in [0.05, 0.1) is 17.2 Å². The maximum atomic E-state index is 12.5. The molecule has 1 aromatic carbocycles. The Morgan fingerprint density at radius 2 is 2.25 bits per heavy atom. The molecule has 1 aromatic heterocycles. The van der Waals surface area contributed by atoms with Crippen LogP contribution < -0.4 is 5.43 Å². The fourth-order valence-corrected chi connectivity index (χ4v) is 2.67. The van der Waals surface area contributed by atoms with E-state index >= 15 is 0 Å². The number of hydrogen-bond donors (Lipinski definition) is 2. The van der Waals surface area contributed by atoms with Crippen molar-refractivity contribution in [1.82, 2.24) is 9.88 Å². The van der Waals surface area contributed by atoms with Crippen molar-refractivity contribution < 1.29 is 9.90 Å². The summed E-state index contributed by atoms with van der Waals surface area (Å²) in [6.07, 6.45) is 0.154. The topological polar surface area (TPSA) is 73.4 Å². The molecule has 0 radical (unpaired) electrons. The van der Waals surface area contributed by atoms with Crippen LogP contribution in [-0.4, -0.2) is 40.1 Å². The van der Waals surface area contributed by atoms with Crippen LogP contribution in [0.2, 0.25) is 0 Å². The van der Waals surface area contributed by atoms with Crippen LogP contribution >= 0.6 is 0 Å². The molecule has 1 fully saturated rings. The molecule has 1 saturated heterocycles. The average molecular weight is 272 g/mol. The Balaban J connectivity index is 2.12. The first-order chi connectivity index (χ1) is 9.56. The van der Waals surface area contributed by atoms with Crippen LogP contribution in [0.15, 0.2) is 29.1 Å². The molecule has 2 aromatic rings. The summed E-state index contributed by atoms with van der Waals surface area (Å²) < 4.78 is 0. The van der Waals surface area contributed by atoms with E-state index in [1.807, 2.05) is 0 Å². The number of aliphatic hydroxyl groups excluding tert-OH is 1. The summed E-state index contributed by atoms with van der Waals surface area (Å²) in [6, 6.07) is 6.66. The van der Waals surface area contributed by atoms with Gasteiger partial charge in [-0.3, -0.25) is 9.59 Å². The van der Waals surface area contributed by atoms with Gasteiger partial charge < -0.3 is 15.0 Å². The second-order valence-corrected chi connectivity index (χ2v) is 5.24. The van der Waals surface area contributed by atoms with Crippen molar-refractivity contribution in [3.63, 3.8) is 0 Å². The van der Waals surface area contributed by atoms with Crippen molar-refractivity contribution in [2.24, 2.45) is 0 Å². The van der Waals surface area contributed by atoms with Gasteiger partial charge in [-0.2, -0.15) is 0 Å². The third-order valence-corrected chi connectivity index (χ3v) is 3.68. The number of pyridine rings is 1. The number of aliphatic hydroxyl groups is 1. The molecule has 1 atom stereocenters. The van der Waals surface area contributed by atoms with Crippen molar-refractivity contribution in [3.8, 4) is 0 Å². The van der Waals surface area contributed by atoms with E-state index in [9.17, 15) is 14.7 Å². The lowest BCUT2D eigenvalue weighted by molar-refractivity contribution is 0.0766. The Hall–Kier alpha value is -2.14. The van der Waals surface area contributed by atoms with Gasteiger partial charge in [-0.05, 0) is 25.5 Å². The maximum Gasteiger partial charge on any atom is 0.256 e. The smallest absolute Gasteiger partial charge is 0.256 e. The molecular weight excluding hydrogens is 256 g/mol. The van der Waals surface area contributed by atoms with Crippen LogP contribution in [0.4, 0.5) is 0 Å². The minimum absolute atomic E-state index is 0.0904. The summed E-state index contributed by atoms with van der Waals surface area (Å²) in [7, 11) is 0. The lowest BCUT2D eigenvalue weighted by atomic mass is 10.1. The number of carbonyl (C=O) groups excluding carboxylic acids is 1. The zero-order chi connectivity index (χ0) is 14.3. The van der Waals surface area contributed by atoms with Gasteiger partial charge in [-0.15, -0.1) is 0 Å². The zero-order valence-corrected chi connectivity index (χ0v) is 11.2. The van der Waals surface area contributed by atoms with E-state index in [1.165, 1.54) is 6.07 Å². The van der Waals surface area contributed by atoms with Gasteiger partial charge >= 0.3 is 0 Å². The Kier molecular flexibility index (Phi) is 3.06. The van der Waals surface area contributed by atoms with Crippen molar-refractivity contribution in [3.05, 3.63) is 45.7 Å². The summed E-state index contributed by atoms with van der Waals surface area (Å²) in [5.41, 5.74) is 1.69. The van der Waals surface area contributed by atoms with E-state index in [0.717, 1.165) is 5.69 Å². The average Bonchev–Trinajstić information content (AvgIpc) is 2.84. The number of rotatable bonds is 1. The number of aryl methyl sites for hydroxylation is 1. The van der Waals surface area contributed by atoms with Crippen LogP contribution in [0, 0.1) is 6.92 Å². The third kappa shape index (κ3) is 2.10. The monoisotopic (exact) mass is 272 g/mol. The van der Waals surface area contributed by atoms with E-state index in [2.05, 4.69) is 4.98 Å². The highest BCUT2D eigenvalue weighted by Gasteiger charge is 2.26.